The van der Waals surface area contributed by atoms with Crippen LogP contribution in [0.5, 0.6) is 0 Å². The number of carbonyl (C=O) groups is 2. The molecule has 0 fully saturated rings. The summed E-state index contributed by atoms with van der Waals surface area (Å²) in [4.78, 5) is 23.7. The number of esters is 2. The Bertz CT molecular complexity index is 947. The monoisotopic (exact) mass is 967 g/mol. The van der Waals surface area contributed by atoms with E-state index >= 15 is 0 Å². The van der Waals surface area contributed by atoms with Crippen LogP contribution in [0.25, 0.3) is 0 Å². The average Bonchev–Trinajstić information content (AvgIpc) is 3.33. The van der Waals surface area contributed by atoms with Crippen molar-refractivity contribution in [3.63, 3.8) is 0 Å². The molecule has 0 aliphatic rings. The Hall–Kier alpha value is -1.50. The summed E-state index contributed by atoms with van der Waals surface area (Å²) in [6.45, 7) is 15.5. The molecule has 0 bridgehead atoms. The molecule has 0 N–H and O–H groups in total. The fourth-order valence-corrected chi connectivity index (χ4v) is 6.74. The van der Waals surface area contributed by atoms with Crippen molar-refractivity contribution in [1.29, 1.82) is 0 Å². The van der Waals surface area contributed by atoms with Gasteiger partial charge < -0.3 is 61.6 Å². The van der Waals surface area contributed by atoms with Crippen molar-refractivity contribution >= 4 is 11.9 Å². The van der Waals surface area contributed by atoms with Crippen molar-refractivity contribution in [2.75, 3.05) is 159 Å². The maximum absolute atomic E-state index is 11.9. The second kappa shape index (κ2) is 60.6. The Labute approximate surface area is 408 Å². The highest BCUT2D eigenvalue weighted by atomic mass is 16.6. The Kier molecular flexibility index (Phi) is 59.3. The van der Waals surface area contributed by atoms with E-state index in [1.54, 1.807) is 0 Å². The number of carbonyl (C=O) groups excluding carboxylic acids is 2. The third kappa shape index (κ3) is 60.6. The van der Waals surface area contributed by atoms with Gasteiger partial charge in [0, 0.05) is 12.8 Å². The Morgan fingerprint density at radius 1 is 0.209 bits per heavy atom. The molecule has 0 aliphatic heterocycles. The summed E-state index contributed by atoms with van der Waals surface area (Å²) >= 11 is 0. The molecule has 0 amide bonds. The number of ether oxygens (including phenoxy) is 13. The quantitative estimate of drug-likeness (QED) is 0.0419. The summed E-state index contributed by atoms with van der Waals surface area (Å²) in [5.41, 5.74) is 0. The van der Waals surface area contributed by atoms with Gasteiger partial charge in [-0.2, -0.15) is 0 Å². The van der Waals surface area contributed by atoms with E-state index < -0.39 is 0 Å². The molecule has 0 spiro atoms. The van der Waals surface area contributed by atoms with Crippen LogP contribution in [-0.4, -0.2) is 171 Å². The van der Waals surface area contributed by atoms with Gasteiger partial charge in [0.2, 0.25) is 0 Å². The number of hydrogen-bond donors (Lipinski definition) is 0. The summed E-state index contributed by atoms with van der Waals surface area (Å²) in [7, 11) is 0. The zero-order valence-electron chi connectivity index (χ0n) is 43.1. The van der Waals surface area contributed by atoms with Crippen LogP contribution in [0.4, 0.5) is 0 Å². The second-order valence-corrected chi connectivity index (χ2v) is 16.7. The van der Waals surface area contributed by atoms with Crippen LogP contribution < -0.4 is 0 Å². The molecule has 0 aromatic rings. The first kappa shape index (κ1) is 65.5. The molecule has 0 aliphatic carbocycles. The van der Waals surface area contributed by atoms with Gasteiger partial charge in [0.25, 0.3) is 0 Å². The Morgan fingerprint density at radius 2 is 0.358 bits per heavy atom. The van der Waals surface area contributed by atoms with Crippen molar-refractivity contribution in [3.8, 4) is 0 Å². The van der Waals surface area contributed by atoms with E-state index in [-0.39, 0.29) is 25.2 Å². The first-order valence-electron chi connectivity index (χ1n) is 26.9. The normalized spacial score (nSPS) is 11.5. The van der Waals surface area contributed by atoms with Gasteiger partial charge in [-0.05, 0) is 12.8 Å². The van der Waals surface area contributed by atoms with Crippen LogP contribution in [0.2, 0.25) is 0 Å². The van der Waals surface area contributed by atoms with Crippen LogP contribution in [0.3, 0.4) is 0 Å². The summed E-state index contributed by atoms with van der Waals surface area (Å²) < 4.78 is 71.1. The first-order chi connectivity index (χ1) is 33.2. The van der Waals surface area contributed by atoms with Gasteiger partial charge in [-0.15, -0.1) is 0 Å². The molecule has 15 nitrogen and oxygen atoms in total. The van der Waals surface area contributed by atoms with E-state index in [1.165, 1.54) is 116 Å². The maximum Gasteiger partial charge on any atom is 0.305 e. The SMILES string of the molecule is CCCCCCCCCCCCCCCC(=O)OCCOCCOCCOCCOCCOCCOCCOCCOCCOCCOCCOCCOC(=O)CCCCCCCCCCC. The minimum Gasteiger partial charge on any atom is -0.463 e. The molecule has 0 atom stereocenters. The lowest BCUT2D eigenvalue weighted by Crippen LogP contribution is -2.16. The Morgan fingerprint density at radius 3 is 0.537 bits per heavy atom. The van der Waals surface area contributed by atoms with Gasteiger partial charge in [0.05, 0.1) is 145 Å². The number of rotatable bonds is 60. The first-order valence-corrected chi connectivity index (χ1v) is 26.9. The molecular weight excluding hydrogens is 865 g/mol. The number of hydrogen-bond acceptors (Lipinski definition) is 15. The van der Waals surface area contributed by atoms with Gasteiger partial charge >= 0.3 is 11.9 Å². The fraction of sp³-hybridized carbons (Fsp3) is 0.962. The molecule has 0 heterocycles. The number of unbranched alkanes of at least 4 members (excludes halogenated alkanes) is 20. The summed E-state index contributed by atoms with van der Waals surface area (Å²) in [5, 5.41) is 0. The van der Waals surface area contributed by atoms with Gasteiger partial charge in [0.15, 0.2) is 0 Å². The van der Waals surface area contributed by atoms with E-state index in [2.05, 4.69) is 13.8 Å². The van der Waals surface area contributed by atoms with Crippen LogP contribution in [0.15, 0.2) is 0 Å². The molecule has 0 rings (SSSR count). The molecule has 0 saturated heterocycles. The highest BCUT2D eigenvalue weighted by molar-refractivity contribution is 5.69. The molecular formula is C52H102O15. The van der Waals surface area contributed by atoms with Crippen molar-refractivity contribution in [3.05, 3.63) is 0 Å². The molecule has 0 aromatic heterocycles. The fourth-order valence-electron chi connectivity index (χ4n) is 6.74. The van der Waals surface area contributed by atoms with E-state index in [9.17, 15) is 9.59 Å². The van der Waals surface area contributed by atoms with Gasteiger partial charge in [-0.3, -0.25) is 9.59 Å². The van der Waals surface area contributed by atoms with Crippen molar-refractivity contribution < 1.29 is 71.2 Å². The van der Waals surface area contributed by atoms with Crippen LogP contribution in [-0.2, 0) is 71.2 Å². The predicted molar refractivity (Wildman–Crippen MR) is 263 cm³/mol. The molecule has 400 valence electrons. The van der Waals surface area contributed by atoms with Crippen LogP contribution >= 0.6 is 0 Å². The third-order valence-electron chi connectivity index (χ3n) is 10.7. The zero-order chi connectivity index (χ0) is 48.3. The van der Waals surface area contributed by atoms with Crippen LogP contribution in [0, 0.1) is 0 Å². The summed E-state index contributed by atoms with van der Waals surface area (Å²) in [6.07, 6.45) is 28.8. The van der Waals surface area contributed by atoms with E-state index in [4.69, 9.17) is 61.6 Å². The molecule has 0 aromatic carbocycles. The van der Waals surface area contributed by atoms with E-state index in [0.29, 0.717) is 158 Å². The van der Waals surface area contributed by atoms with Crippen LogP contribution in [0.1, 0.15) is 168 Å². The summed E-state index contributed by atoms with van der Waals surface area (Å²) in [5.74, 6) is -0.274. The molecule has 15 heteroatoms. The topological polar surface area (TPSA) is 154 Å². The average molecular weight is 967 g/mol. The smallest absolute Gasteiger partial charge is 0.305 e. The van der Waals surface area contributed by atoms with Gasteiger partial charge in [-0.25, -0.2) is 0 Å². The second-order valence-electron chi connectivity index (χ2n) is 16.7. The van der Waals surface area contributed by atoms with Gasteiger partial charge in [0.1, 0.15) is 13.2 Å². The molecule has 0 unspecified atom stereocenters. The van der Waals surface area contributed by atoms with Crippen molar-refractivity contribution in [1.82, 2.24) is 0 Å². The minimum absolute atomic E-state index is 0.135. The highest BCUT2D eigenvalue weighted by Gasteiger charge is 2.05. The van der Waals surface area contributed by atoms with Gasteiger partial charge in [-0.1, -0.05) is 142 Å². The zero-order valence-corrected chi connectivity index (χ0v) is 43.1. The lowest BCUT2D eigenvalue weighted by molar-refractivity contribution is -0.146. The molecule has 67 heavy (non-hydrogen) atoms. The summed E-state index contributed by atoms with van der Waals surface area (Å²) in [6, 6.07) is 0. The lowest BCUT2D eigenvalue weighted by atomic mass is 10.0. The largest absolute Gasteiger partial charge is 0.463 e. The highest BCUT2D eigenvalue weighted by Crippen LogP contribution is 2.14. The molecule has 0 radical (unpaired) electrons. The predicted octanol–water partition coefficient (Wildman–Crippen LogP) is 9.66. The van der Waals surface area contributed by atoms with Crippen molar-refractivity contribution in [2.45, 2.75) is 168 Å². The van der Waals surface area contributed by atoms with Crippen molar-refractivity contribution in [2.24, 2.45) is 0 Å². The standard InChI is InChI=1S/C52H102O15/c1-3-5-7-9-11-13-14-15-16-18-20-22-24-26-52(54)67-50-48-65-46-44-63-42-40-61-38-36-59-34-32-57-30-28-55-27-29-56-31-33-58-35-37-60-39-41-62-43-45-64-47-49-66-51(53)25-23-21-19-17-12-10-8-6-4-2/h3-50H2,1-2H3. The molecule has 0 saturated carbocycles. The minimum atomic E-state index is -0.139. The third-order valence-corrected chi connectivity index (χ3v) is 10.7. The van der Waals surface area contributed by atoms with E-state index in [0.717, 1.165) is 25.7 Å². The Balaban J connectivity index is 3.15. The lowest BCUT2D eigenvalue weighted by Gasteiger charge is -2.09. The maximum atomic E-state index is 11.9. The van der Waals surface area contributed by atoms with E-state index in [1.807, 2.05) is 0 Å².